The Morgan fingerprint density at radius 3 is 1.66 bits per heavy atom. The van der Waals surface area contributed by atoms with E-state index in [1.165, 1.54) is 67.5 Å². The Balaban J connectivity index is 1.44. The summed E-state index contributed by atoms with van der Waals surface area (Å²) in [6.07, 6.45) is 10.1. The number of anilines is 8. The molecule has 0 spiro atoms. The number of hydrogen-bond donors (Lipinski definition) is 0. The number of hydrogen-bond acceptors (Lipinski definition) is 3. The molecule has 3 heterocycles. The van der Waals surface area contributed by atoms with Crippen LogP contribution in [0.15, 0.2) is 133 Å². The molecule has 4 heteroatoms. The van der Waals surface area contributed by atoms with E-state index in [4.69, 9.17) is 0 Å². The predicted molar refractivity (Wildman–Crippen MR) is 188 cm³/mol. The molecular weight excluding hydrogens is 533 g/mol. The van der Waals surface area contributed by atoms with E-state index >= 15 is 0 Å². The quantitative estimate of drug-likeness (QED) is 0.199. The van der Waals surface area contributed by atoms with Crippen molar-refractivity contribution in [2.45, 2.75) is 38.6 Å². The molecule has 44 heavy (non-hydrogen) atoms. The second-order valence-corrected chi connectivity index (χ2v) is 13.4. The van der Waals surface area contributed by atoms with E-state index in [2.05, 4.69) is 169 Å². The predicted octanol–water partition coefficient (Wildman–Crippen LogP) is 8.40. The standard InChI is InChI=1S/C40H34BN3/c1-40(2,3)27-25-35-39-36(26-27)44(30-19-11-6-12-20-30)34-24-14-22-32-38(34)41(39)37-31(42(32)28-15-7-4-8-16-28)21-13-23-33(37)43(35)29-17-9-5-10-18-29/h4-19,21-26,30H,20H2,1-3H3. The van der Waals surface area contributed by atoms with Crippen molar-refractivity contribution in [1.82, 2.24) is 0 Å². The Hall–Kier alpha value is -4.96. The van der Waals surface area contributed by atoms with Crippen LogP contribution in [-0.4, -0.2) is 12.8 Å². The summed E-state index contributed by atoms with van der Waals surface area (Å²) < 4.78 is 0. The van der Waals surface area contributed by atoms with Gasteiger partial charge in [0, 0.05) is 45.5 Å². The lowest BCUT2D eigenvalue weighted by atomic mass is 9.31. The van der Waals surface area contributed by atoms with Crippen LogP contribution < -0.4 is 31.1 Å². The van der Waals surface area contributed by atoms with Gasteiger partial charge in [-0.25, -0.2) is 0 Å². The maximum absolute atomic E-state index is 2.65. The van der Waals surface area contributed by atoms with Crippen molar-refractivity contribution < 1.29 is 0 Å². The van der Waals surface area contributed by atoms with Crippen molar-refractivity contribution in [3.05, 3.63) is 139 Å². The minimum Gasteiger partial charge on any atom is -0.335 e. The first-order valence-corrected chi connectivity index (χ1v) is 15.8. The number of para-hydroxylation sites is 2. The van der Waals surface area contributed by atoms with Gasteiger partial charge in [-0.15, -0.1) is 0 Å². The Morgan fingerprint density at radius 1 is 0.568 bits per heavy atom. The van der Waals surface area contributed by atoms with E-state index in [1.54, 1.807) is 0 Å². The summed E-state index contributed by atoms with van der Waals surface area (Å²) in [6.45, 7) is 7.16. The Kier molecular flexibility index (Phi) is 5.38. The molecule has 1 atom stereocenters. The summed E-state index contributed by atoms with van der Waals surface area (Å²) in [4.78, 5) is 7.67. The van der Waals surface area contributed by atoms with Crippen LogP contribution in [0.5, 0.6) is 0 Å². The molecule has 4 aliphatic rings. The third-order valence-corrected chi connectivity index (χ3v) is 9.79. The van der Waals surface area contributed by atoms with Gasteiger partial charge in [0.15, 0.2) is 0 Å². The van der Waals surface area contributed by atoms with Crippen molar-refractivity contribution in [3.8, 4) is 0 Å². The normalized spacial score (nSPS) is 17.2. The Bertz CT molecular complexity index is 2000. The summed E-state index contributed by atoms with van der Waals surface area (Å²) >= 11 is 0. The smallest absolute Gasteiger partial charge is 0.257 e. The van der Waals surface area contributed by atoms with Crippen molar-refractivity contribution in [3.63, 3.8) is 0 Å². The lowest BCUT2D eigenvalue weighted by Crippen LogP contribution is -2.66. The first-order valence-electron chi connectivity index (χ1n) is 15.8. The van der Waals surface area contributed by atoms with Gasteiger partial charge in [-0.1, -0.05) is 93.6 Å². The van der Waals surface area contributed by atoms with Crippen LogP contribution in [0.2, 0.25) is 0 Å². The summed E-state index contributed by atoms with van der Waals surface area (Å²) in [7, 11) is 0. The summed E-state index contributed by atoms with van der Waals surface area (Å²) in [6, 6.07) is 40.9. The highest BCUT2D eigenvalue weighted by Gasteiger charge is 2.49. The van der Waals surface area contributed by atoms with Crippen molar-refractivity contribution >= 4 is 68.6 Å². The summed E-state index contributed by atoms with van der Waals surface area (Å²) in [5.74, 6) is 0. The van der Waals surface area contributed by atoms with Gasteiger partial charge in [0.05, 0.1) is 6.04 Å². The zero-order chi connectivity index (χ0) is 29.6. The van der Waals surface area contributed by atoms with Crippen LogP contribution in [-0.2, 0) is 5.41 Å². The fourth-order valence-electron chi connectivity index (χ4n) is 7.85. The van der Waals surface area contributed by atoms with E-state index in [9.17, 15) is 0 Å². The minimum atomic E-state index is -0.0111. The average molecular weight is 568 g/mol. The second kappa shape index (κ2) is 9.27. The van der Waals surface area contributed by atoms with Crippen molar-refractivity contribution in [2.24, 2.45) is 0 Å². The van der Waals surface area contributed by atoms with E-state index in [0.29, 0.717) is 0 Å². The van der Waals surface area contributed by atoms with Crippen molar-refractivity contribution in [2.75, 3.05) is 14.7 Å². The fourth-order valence-corrected chi connectivity index (χ4v) is 7.85. The molecule has 212 valence electrons. The van der Waals surface area contributed by atoms with E-state index in [0.717, 1.165) is 6.42 Å². The number of benzene rings is 5. The molecule has 0 amide bonds. The molecule has 0 aromatic heterocycles. The Labute approximate surface area is 260 Å². The molecule has 5 aromatic rings. The van der Waals surface area contributed by atoms with Gasteiger partial charge < -0.3 is 14.7 Å². The molecule has 9 rings (SSSR count). The number of allylic oxidation sites excluding steroid dienone is 2. The van der Waals surface area contributed by atoms with Gasteiger partial charge in [0.25, 0.3) is 6.71 Å². The minimum absolute atomic E-state index is 0.0111. The molecule has 1 unspecified atom stereocenters. The maximum Gasteiger partial charge on any atom is 0.257 e. The third-order valence-electron chi connectivity index (χ3n) is 9.79. The van der Waals surface area contributed by atoms with Crippen LogP contribution in [0, 0.1) is 0 Å². The highest BCUT2D eigenvalue weighted by Crippen LogP contribution is 2.50. The van der Waals surface area contributed by atoms with Gasteiger partial charge in [0.1, 0.15) is 0 Å². The third kappa shape index (κ3) is 3.51. The lowest BCUT2D eigenvalue weighted by molar-refractivity contribution is 0.590. The summed E-state index contributed by atoms with van der Waals surface area (Å²) in [5, 5.41) is 0. The molecule has 0 radical (unpaired) electrons. The molecule has 0 fully saturated rings. The monoisotopic (exact) mass is 567 g/mol. The Morgan fingerprint density at radius 2 is 1.09 bits per heavy atom. The fraction of sp³-hybridized carbons (Fsp3) is 0.150. The lowest BCUT2D eigenvalue weighted by Gasteiger charge is -2.50. The second-order valence-electron chi connectivity index (χ2n) is 13.4. The molecular formula is C40H34BN3. The van der Waals surface area contributed by atoms with Crippen LogP contribution >= 0.6 is 0 Å². The van der Waals surface area contributed by atoms with Crippen LogP contribution in [0.25, 0.3) is 0 Å². The van der Waals surface area contributed by atoms with E-state index in [-0.39, 0.29) is 18.2 Å². The number of nitrogens with zero attached hydrogens (tertiary/aromatic N) is 3. The molecule has 0 saturated carbocycles. The van der Waals surface area contributed by atoms with Gasteiger partial charge in [0.2, 0.25) is 0 Å². The van der Waals surface area contributed by atoms with Gasteiger partial charge in [-0.2, -0.15) is 0 Å². The zero-order valence-electron chi connectivity index (χ0n) is 25.4. The largest absolute Gasteiger partial charge is 0.335 e. The van der Waals surface area contributed by atoms with E-state index in [1.807, 2.05) is 0 Å². The average Bonchev–Trinajstić information content (AvgIpc) is 3.05. The molecule has 1 aliphatic carbocycles. The molecule has 0 bridgehead atoms. The maximum atomic E-state index is 2.65. The van der Waals surface area contributed by atoms with Gasteiger partial charge >= 0.3 is 0 Å². The topological polar surface area (TPSA) is 9.72 Å². The first kappa shape index (κ1) is 25.5. The highest BCUT2D eigenvalue weighted by molar-refractivity contribution is 7.02. The highest BCUT2D eigenvalue weighted by atomic mass is 15.2. The van der Waals surface area contributed by atoms with Crippen LogP contribution in [0.3, 0.4) is 0 Å². The van der Waals surface area contributed by atoms with Gasteiger partial charge in [-0.05, 0) is 94.5 Å². The van der Waals surface area contributed by atoms with Crippen LogP contribution in [0.1, 0.15) is 32.8 Å². The van der Waals surface area contributed by atoms with Gasteiger partial charge in [-0.3, -0.25) is 0 Å². The number of rotatable bonds is 3. The van der Waals surface area contributed by atoms with Crippen molar-refractivity contribution in [1.29, 1.82) is 0 Å². The zero-order valence-corrected chi connectivity index (χ0v) is 25.4. The van der Waals surface area contributed by atoms with Crippen LogP contribution in [0.4, 0.5) is 45.5 Å². The SMILES string of the molecule is CC(C)(C)c1cc2c3c(c1)N(C1C=CC=CC1)c1cccc4c1B3c1c(cccc1N2c1ccccc1)N4c1ccccc1. The molecule has 5 aromatic carbocycles. The first-order chi connectivity index (χ1) is 21.5. The molecule has 0 saturated heterocycles. The molecule has 3 nitrogen and oxygen atoms in total. The summed E-state index contributed by atoms with van der Waals surface area (Å²) in [5.41, 5.74) is 15.7. The molecule has 3 aliphatic heterocycles. The van der Waals surface area contributed by atoms with E-state index < -0.39 is 0 Å². The molecule has 0 N–H and O–H groups in total.